The van der Waals surface area contributed by atoms with Gasteiger partial charge in [0, 0.05) is 16.1 Å². The van der Waals surface area contributed by atoms with Crippen LogP contribution in [0.2, 0.25) is 0 Å². The third kappa shape index (κ3) is 2.02. The maximum absolute atomic E-state index is 12.8. The molecule has 0 N–H and O–H groups in total. The molecule has 3 rings (SSSR count). The summed E-state index contributed by atoms with van der Waals surface area (Å²) in [6.07, 6.45) is -4.73. The second kappa shape index (κ2) is 4.44. The highest BCUT2D eigenvalue weighted by atomic mass is 19.4. The topological polar surface area (TPSA) is 77.8 Å². The molecule has 6 nitrogen and oxygen atoms in total. The lowest BCUT2D eigenvalue weighted by Gasteiger charge is -2.02. The summed E-state index contributed by atoms with van der Waals surface area (Å²) in [5, 5.41) is 13.0. The predicted octanol–water partition coefficient (Wildman–Crippen LogP) is 2.81. The Bertz CT molecular complexity index is 721. The van der Waals surface area contributed by atoms with E-state index in [1.807, 2.05) is 0 Å². The monoisotopic (exact) mass is 282 g/mol. The molecule has 0 saturated carbocycles. The van der Waals surface area contributed by atoms with Crippen LogP contribution in [-0.4, -0.2) is 20.7 Å². The van der Waals surface area contributed by atoms with Gasteiger partial charge in [-0.3, -0.25) is 0 Å². The van der Waals surface area contributed by atoms with Crippen LogP contribution in [0.15, 0.2) is 39.4 Å². The van der Waals surface area contributed by atoms with Gasteiger partial charge in [-0.2, -0.15) is 13.2 Å². The van der Waals surface area contributed by atoms with Crippen molar-refractivity contribution in [2.75, 3.05) is 0 Å². The number of benzene rings is 1. The predicted molar refractivity (Wildman–Crippen MR) is 58.0 cm³/mol. The zero-order chi connectivity index (χ0) is 14.2. The van der Waals surface area contributed by atoms with E-state index in [1.54, 1.807) is 30.3 Å². The second-order valence-corrected chi connectivity index (χ2v) is 3.77. The standard InChI is InChI=1S/C11H5F3N4O2/c12-11(13,14)10-8(16-18-20-10)7-9(19-17-15-7)6-4-2-1-3-5-6/h1-5H. The van der Waals surface area contributed by atoms with Crippen LogP contribution < -0.4 is 0 Å². The second-order valence-electron chi connectivity index (χ2n) is 3.77. The van der Waals surface area contributed by atoms with Gasteiger partial charge in [-0.15, -0.1) is 10.2 Å². The molecular formula is C11H5F3N4O2. The molecule has 0 saturated heterocycles. The maximum atomic E-state index is 12.8. The summed E-state index contributed by atoms with van der Waals surface area (Å²) in [4.78, 5) is 0. The van der Waals surface area contributed by atoms with Crippen LogP contribution in [0.3, 0.4) is 0 Å². The van der Waals surface area contributed by atoms with Crippen molar-refractivity contribution in [1.29, 1.82) is 0 Å². The molecule has 2 heterocycles. The van der Waals surface area contributed by atoms with Crippen LogP contribution in [0.4, 0.5) is 13.2 Å². The van der Waals surface area contributed by atoms with Gasteiger partial charge >= 0.3 is 6.18 Å². The van der Waals surface area contributed by atoms with Gasteiger partial charge in [-0.25, -0.2) is 0 Å². The Hall–Kier alpha value is -2.71. The van der Waals surface area contributed by atoms with Crippen LogP contribution in [0.1, 0.15) is 5.76 Å². The Kier molecular flexibility index (Phi) is 2.74. The van der Waals surface area contributed by atoms with Crippen molar-refractivity contribution in [2.24, 2.45) is 0 Å². The molecule has 0 aliphatic rings. The minimum absolute atomic E-state index is 0.0619. The van der Waals surface area contributed by atoms with E-state index in [9.17, 15) is 13.2 Å². The minimum atomic E-state index is -4.73. The lowest BCUT2D eigenvalue weighted by molar-refractivity contribution is -0.155. The number of rotatable bonds is 2. The first-order valence-electron chi connectivity index (χ1n) is 5.35. The van der Waals surface area contributed by atoms with E-state index in [-0.39, 0.29) is 11.5 Å². The van der Waals surface area contributed by atoms with E-state index >= 15 is 0 Å². The van der Waals surface area contributed by atoms with Crippen LogP contribution in [0, 0.1) is 0 Å². The van der Waals surface area contributed by atoms with Gasteiger partial charge in [0.1, 0.15) is 0 Å². The fraction of sp³-hybridized carbons (Fsp3) is 0.0909. The van der Waals surface area contributed by atoms with Gasteiger partial charge in [0.15, 0.2) is 17.1 Å². The highest BCUT2D eigenvalue weighted by Crippen LogP contribution is 2.38. The molecule has 0 atom stereocenters. The number of nitrogens with zero attached hydrogens (tertiary/aromatic N) is 4. The molecule has 3 aromatic rings. The van der Waals surface area contributed by atoms with Crippen molar-refractivity contribution in [3.05, 3.63) is 36.1 Å². The molecule has 0 unspecified atom stereocenters. The average molecular weight is 282 g/mol. The molecule has 1 aromatic carbocycles. The van der Waals surface area contributed by atoms with Crippen LogP contribution in [0.25, 0.3) is 22.7 Å². The molecule has 20 heavy (non-hydrogen) atoms. The average Bonchev–Trinajstić information content (AvgIpc) is 3.07. The summed E-state index contributed by atoms with van der Waals surface area (Å²) >= 11 is 0. The van der Waals surface area contributed by atoms with Crippen molar-refractivity contribution < 1.29 is 22.2 Å². The number of hydrogen-bond acceptors (Lipinski definition) is 6. The molecule has 0 radical (unpaired) electrons. The number of aromatic nitrogens is 4. The summed E-state index contributed by atoms with van der Waals surface area (Å²) < 4.78 is 47.3. The molecule has 0 fully saturated rings. The van der Waals surface area contributed by atoms with E-state index in [1.165, 1.54) is 0 Å². The lowest BCUT2D eigenvalue weighted by atomic mass is 10.1. The highest BCUT2D eigenvalue weighted by Gasteiger charge is 2.42. The largest absolute Gasteiger partial charge is 0.454 e. The molecular weight excluding hydrogens is 277 g/mol. The van der Waals surface area contributed by atoms with Crippen molar-refractivity contribution in [1.82, 2.24) is 20.7 Å². The molecule has 0 aliphatic heterocycles. The Morgan fingerprint density at radius 3 is 2.20 bits per heavy atom. The molecule has 0 amide bonds. The fourth-order valence-corrected chi connectivity index (χ4v) is 1.66. The van der Waals surface area contributed by atoms with Gasteiger partial charge in [0.2, 0.25) is 0 Å². The van der Waals surface area contributed by atoms with Crippen molar-refractivity contribution in [2.45, 2.75) is 6.18 Å². The first-order valence-corrected chi connectivity index (χ1v) is 5.35. The van der Waals surface area contributed by atoms with E-state index in [0.29, 0.717) is 5.56 Å². The zero-order valence-corrected chi connectivity index (χ0v) is 9.63. The summed E-state index contributed by atoms with van der Waals surface area (Å²) in [7, 11) is 0. The van der Waals surface area contributed by atoms with E-state index in [2.05, 4.69) is 25.3 Å². The van der Waals surface area contributed by atoms with Crippen molar-refractivity contribution >= 4 is 0 Å². The highest BCUT2D eigenvalue weighted by molar-refractivity contribution is 5.74. The quantitative estimate of drug-likeness (QED) is 0.719. The van der Waals surface area contributed by atoms with E-state index in [4.69, 9.17) is 4.52 Å². The lowest BCUT2D eigenvalue weighted by Crippen LogP contribution is -2.05. The minimum Gasteiger partial charge on any atom is -0.336 e. The Balaban J connectivity index is 2.14. The zero-order valence-electron chi connectivity index (χ0n) is 9.63. The normalized spacial score (nSPS) is 11.8. The molecule has 0 aliphatic carbocycles. The van der Waals surface area contributed by atoms with Crippen LogP contribution >= 0.6 is 0 Å². The third-order valence-electron chi connectivity index (χ3n) is 2.49. The van der Waals surface area contributed by atoms with Gasteiger partial charge in [-0.1, -0.05) is 30.3 Å². The van der Waals surface area contributed by atoms with Crippen molar-refractivity contribution in [3.8, 4) is 22.7 Å². The SMILES string of the molecule is FC(F)(F)c1onnc1-c1nnoc1-c1ccccc1. The third-order valence-corrected chi connectivity index (χ3v) is 2.49. The molecule has 2 aromatic heterocycles. The maximum Gasteiger partial charge on any atom is 0.454 e. The van der Waals surface area contributed by atoms with Gasteiger partial charge in [0.05, 0.1) is 0 Å². The van der Waals surface area contributed by atoms with E-state index < -0.39 is 17.6 Å². The van der Waals surface area contributed by atoms with Crippen LogP contribution in [0.5, 0.6) is 0 Å². The van der Waals surface area contributed by atoms with Gasteiger partial charge in [0.25, 0.3) is 5.76 Å². The summed E-state index contributed by atoms with van der Waals surface area (Å²) in [6, 6.07) is 8.45. The molecule has 0 bridgehead atoms. The first-order chi connectivity index (χ1) is 9.57. The van der Waals surface area contributed by atoms with Gasteiger partial charge < -0.3 is 9.05 Å². The summed E-state index contributed by atoms with van der Waals surface area (Å²) in [6.45, 7) is 0. The molecule has 102 valence electrons. The van der Waals surface area contributed by atoms with Crippen molar-refractivity contribution in [3.63, 3.8) is 0 Å². The first kappa shape index (κ1) is 12.3. The number of alkyl halides is 3. The Morgan fingerprint density at radius 2 is 1.50 bits per heavy atom. The van der Waals surface area contributed by atoms with E-state index in [0.717, 1.165) is 0 Å². The summed E-state index contributed by atoms with van der Waals surface area (Å²) in [5.41, 5.74) is -0.217. The molecule has 0 spiro atoms. The number of halogens is 3. The van der Waals surface area contributed by atoms with Gasteiger partial charge in [-0.05, 0) is 0 Å². The Labute approximate surface area is 109 Å². The van der Waals surface area contributed by atoms with Crippen LogP contribution in [-0.2, 0) is 6.18 Å². The Morgan fingerprint density at radius 1 is 0.850 bits per heavy atom. The summed E-state index contributed by atoms with van der Waals surface area (Å²) in [5.74, 6) is -1.28. The molecule has 9 heteroatoms. The smallest absolute Gasteiger partial charge is 0.336 e. The fourth-order valence-electron chi connectivity index (χ4n) is 1.66. The number of hydrogen-bond donors (Lipinski definition) is 0.